The van der Waals surface area contributed by atoms with Gasteiger partial charge in [-0.05, 0) is 6.07 Å². The normalized spacial score (nSPS) is 8.36. The second-order valence-corrected chi connectivity index (χ2v) is 2.03. The molecule has 56 valence electrons. The lowest BCUT2D eigenvalue weighted by molar-refractivity contribution is 0.112. The van der Waals surface area contributed by atoms with Gasteiger partial charge in [0.15, 0.2) is 6.29 Å². The summed E-state index contributed by atoms with van der Waals surface area (Å²) in [5, 5.41) is 0. The zero-order chi connectivity index (χ0) is 7.94. The Morgan fingerprint density at radius 1 is 1.18 bits per heavy atom. The number of aldehydes is 1. The molecular weight excluding hydrogens is 138 g/mol. The summed E-state index contributed by atoms with van der Waals surface area (Å²) >= 11 is 0. The number of carbonyl (C=O) groups is 1. The molecule has 0 radical (unpaired) electrons. The standard InChI is InChI=1S/C9H9NO/c11-8-9-5-3-1-2-4-6-10-7-9/h1-8,10H. The molecule has 1 N–H and O–H groups in total. The van der Waals surface area contributed by atoms with Crippen molar-refractivity contribution in [3.8, 4) is 0 Å². The minimum absolute atomic E-state index is 0.626. The van der Waals surface area contributed by atoms with Crippen LogP contribution in [0.5, 0.6) is 0 Å². The van der Waals surface area contributed by atoms with E-state index in [1.165, 1.54) is 0 Å². The van der Waals surface area contributed by atoms with Crippen molar-refractivity contribution in [3.63, 3.8) is 0 Å². The van der Waals surface area contributed by atoms with Crippen LogP contribution in [0.25, 0.3) is 0 Å². The first-order chi connectivity index (χ1) is 5.43. The number of hydrogen-bond donors (Lipinski definition) is 1. The first-order valence-electron chi connectivity index (χ1n) is 3.35. The van der Waals surface area contributed by atoms with Crippen LogP contribution < -0.4 is 0 Å². The van der Waals surface area contributed by atoms with E-state index < -0.39 is 0 Å². The maximum Gasteiger partial charge on any atom is 0.151 e. The maximum atomic E-state index is 10.3. The molecule has 0 amide bonds. The molecule has 0 saturated heterocycles. The van der Waals surface area contributed by atoms with E-state index in [1.54, 1.807) is 18.5 Å². The minimum Gasteiger partial charge on any atom is -0.367 e. The average Bonchev–Trinajstić information content (AvgIpc) is 2.16. The van der Waals surface area contributed by atoms with Gasteiger partial charge in [0, 0.05) is 18.0 Å². The van der Waals surface area contributed by atoms with Crippen molar-refractivity contribution in [1.29, 1.82) is 0 Å². The number of H-pyrrole nitrogens is 1. The summed E-state index contributed by atoms with van der Waals surface area (Å²) in [6.07, 6.45) is 4.20. The van der Waals surface area contributed by atoms with E-state index in [1.807, 2.05) is 24.3 Å². The van der Waals surface area contributed by atoms with Crippen LogP contribution in [-0.4, -0.2) is 11.3 Å². The Morgan fingerprint density at radius 2 is 2.00 bits per heavy atom. The van der Waals surface area contributed by atoms with Gasteiger partial charge in [-0.25, -0.2) is 0 Å². The Hall–Kier alpha value is -1.57. The Kier molecular flexibility index (Phi) is 2.93. The van der Waals surface area contributed by atoms with Crippen LogP contribution in [0.4, 0.5) is 0 Å². The number of nitrogens with one attached hydrogen (secondary N) is 1. The Balaban J connectivity index is 3.16. The van der Waals surface area contributed by atoms with E-state index >= 15 is 0 Å². The lowest BCUT2D eigenvalue weighted by atomic mass is 10.3. The monoisotopic (exact) mass is 147 g/mol. The predicted molar refractivity (Wildman–Crippen MR) is 43.8 cm³/mol. The van der Waals surface area contributed by atoms with E-state index in [-0.39, 0.29) is 0 Å². The molecule has 0 aromatic carbocycles. The zero-order valence-corrected chi connectivity index (χ0v) is 6.03. The summed E-state index contributed by atoms with van der Waals surface area (Å²) in [4.78, 5) is 13.2. The second kappa shape index (κ2) is 4.28. The highest BCUT2D eigenvalue weighted by molar-refractivity contribution is 5.73. The highest BCUT2D eigenvalue weighted by Crippen LogP contribution is 1.86. The molecule has 1 aromatic rings. The van der Waals surface area contributed by atoms with Gasteiger partial charge in [0.1, 0.15) is 0 Å². The summed E-state index contributed by atoms with van der Waals surface area (Å²) < 4.78 is 0. The Morgan fingerprint density at radius 3 is 2.82 bits per heavy atom. The molecule has 2 heteroatoms. The van der Waals surface area contributed by atoms with E-state index in [9.17, 15) is 4.79 Å². The fourth-order valence-corrected chi connectivity index (χ4v) is 0.672. The highest BCUT2D eigenvalue weighted by atomic mass is 16.1. The van der Waals surface area contributed by atoms with Crippen LogP contribution in [0.15, 0.2) is 42.7 Å². The summed E-state index contributed by atoms with van der Waals surface area (Å²) in [5.74, 6) is 0. The quantitative estimate of drug-likeness (QED) is 0.605. The van der Waals surface area contributed by atoms with Crippen molar-refractivity contribution in [2.45, 2.75) is 0 Å². The molecule has 11 heavy (non-hydrogen) atoms. The van der Waals surface area contributed by atoms with Gasteiger partial charge in [0.2, 0.25) is 0 Å². The predicted octanol–water partition coefficient (Wildman–Crippen LogP) is 1.95. The smallest absolute Gasteiger partial charge is 0.151 e. The van der Waals surface area contributed by atoms with Gasteiger partial charge in [0.05, 0.1) is 0 Å². The van der Waals surface area contributed by atoms with Crippen molar-refractivity contribution in [2.75, 3.05) is 0 Å². The number of aromatic amines is 1. The third kappa shape index (κ3) is 2.67. The fourth-order valence-electron chi connectivity index (χ4n) is 0.672. The van der Waals surface area contributed by atoms with Crippen LogP contribution in [0.1, 0.15) is 10.4 Å². The number of rotatable bonds is 1. The van der Waals surface area contributed by atoms with E-state index in [0.717, 1.165) is 6.29 Å². The van der Waals surface area contributed by atoms with Crippen LogP contribution in [0, 0.1) is 0 Å². The van der Waals surface area contributed by atoms with E-state index in [2.05, 4.69) is 4.98 Å². The molecule has 1 heterocycles. The van der Waals surface area contributed by atoms with Crippen molar-refractivity contribution in [3.05, 3.63) is 48.3 Å². The van der Waals surface area contributed by atoms with Crippen molar-refractivity contribution in [2.24, 2.45) is 0 Å². The number of hydrogen-bond acceptors (Lipinski definition) is 1. The minimum atomic E-state index is 0.626. The fraction of sp³-hybridized carbons (Fsp3) is 0. The molecule has 0 unspecified atom stereocenters. The molecule has 0 aliphatic heterocycles. The first kappa shape index (κ1) is 7.54. The largest absolute Gasteiger partial charge is 0.367 e. The average molecular weight is 147 g/mol. The second-order valence-electron chi connectivity index (χ2n) is 2.03. The number of carbonyl (C=O) groups excluding carboxylic acids is 1. The molecular formula is C9H9NO. The Bertz CT molecular complexity index is 253. The van der Waals surface area contributed by atoms with Gasteiger partial charge in [-0.1, -0.05) is 24.3 Å². The summed E-state index contributed by atoms with van der Waals surface area (Å²) in [7, 11) is 0. The lowest BCUT2D eigenvalue weighted by Gasteiger charge is -1.77. The molecule has 0 spiro atoms. The molecule has 2 nitrogen and oxygen atoms in total. The molecule has 0 atom stereocenters. The summed E-state index contributed by atoms with van der Waals surface area (Å²) in [5.41, 5.74) is 0.626. The topological polar surface area (TPSA) is 32.9 Å². The third-order valence-electron chi connectivity index (χ3n) is 1.20. The Labute approximate surface area is 65.2 Å². The van der Waals surface area contributed by atoms with Crippen LogP contribution in [0.2, 0.25) is 0 Å². The molecule has 0 bridgehead atoms. The molecule has 1 rings (SSSR count). The van der Waals surface area contributed by atoms with Crippen LogP contribution >= 0.6 is 0 Å². The molecule has 1 aromatic heterocycles. The lowest BCUT2D eigenvalue weighted by Crippen LogP contribution is -1.73. The van der Waals surface area contributed by atoms with Crippen molar-refractivity contribution in [1.82, 2.24) is 4.98 Å². The van der Waals surface area contributed by atoms with Gasteiger partial charge < -0.3 is 4.98 Å². The van der Waals surface area contributed by atoms with Crippen molar-refractivity contribution >= 4 is 6.29 Å². The molecule has 0 fully saturated rings. The van der Waals surface area contributed by atoms with Crippen LogP contribution in [-0.2, 0) is 0 Å². The van der Waals surface area contributed by atoms with Crippen LogP contribution in [0.3, 0.4) is 0 Å². The van der Waals surface area contributed by atoms with Crippen molar-refractivity contribution < 1.29 is 4.79 Å². The zero-order valence-electron chi connectivity index (χ0n) is 6.03. The van der Waals surface area contributed by atoms with E-state index in [0.29, 0.717) is 5.56 Å². The number of aromatic nitrogens is 1. The third-order valence-corrected chi connectivity index (χ3v) is 1.20. The SMILES string of the molecule is O=Cc1cccccc[nH]c1. The molecule has 0 saturated carbocycles. The van der Waals surface area contributed by atoms with E-state index in [4.69, 9.17) is 0 Å². The highest BCUT2D eigenvalue weighted by Gasteiger charge is 1.78. The maximum absolute atomic E-state index is 10.3. The first-order valence-corrected chi connectivity index (χ1v) is 3.35. The molecule has 0 aliphatic rings. The summed E-state index contributed by atoms with van der Waals surface area (Å²) in [6.45, 7) is 0. The van der Waals surface area contributed by atoms with Gasteiger partial charge in [-0.3, -0.25) is 4.79 Å². The molecule has 0 aliphatic carbocycles. The van der Waals surface area contributed by atoms with Gasteiger partial charge in [-0.15, -0.1) is 0 Å². The van der Waals surface area contributed by atoms with Gasteiger partial charge >= 0.3 is 0 Å². The summed E-state index contributed by atoms with van der Waals surface area (Å²) in [6, 6.07) is 9.15. The van der Waals surface area contributed by atoms with Gasteiger partial charge in [-0.2, -0.15) is 0 Å². The van der Waals surface area contributed by atoms with Gasteiger partial charge in [0.25, 0.3) is 0 Å².